The zero-order chi connectivity index (χ0) is 19.5. The summed E-state index contributed by atoms with van der Waals surface area (Å²) in [6.07, 6.45) is 4.39. The van der Waals surface area contributed by atoms with E-state index in [1.807, 2.05) is 42.1 Å². The van der Waals surface area contributed by atoms with Crippen LogP contribution in [-0.4, -0.2) is 20.4 Å². The van der Waals surface area contributed by atoms with Crippen LogP contribution in [0.4, 0.5) is 4.39 Å². The minimum absolute atomic E-state index is 0.100. The fraction of sp³-hybridized carbons (Fsp3) is 0.190. The van der Waals surface area contributed by atoms with Crippen molar-refractivity contribution in [2.45, 2.75) is 18.9 Å². The number of halogens is 1. The number of benzene rings is 2. The van der Waals surface area contributed by atoms with Gasteiger partial charge >= 0.3 is 0 Å². The highest BCUT2D eigenvalue weighted by atomic mass is 32.1. The second-order valence-corrected chi connectivity index (χ2v) is 7.64. The van der Waals surface area contributed by atoms with Gasteiger partial charge in [-0.15, -0.1) is 11.3 Å². The Hall–Kier alpha value is -3.06. The van der Waals surface area contributed by atoms with E-state index in [-0.39, 0.29) is 11.7 Å². The summed E-state index contributed by atoms with van der Waals surface area (Å²) in [5.41, 5.74) is 1.74. The van der Waals surface area contributed by atoms with Crippen molar-refractivity contribution in [1.29, 1.82) is 0 Å². The maximum atomic E-state index is 13.3. The molecule has 7 heteroatoms. The summed E-state index contributed by atoms with van der Waals surface area (Å²) in [6.45, 7) is 0. The lowest BCUT2D eigenvalue weighted by Gasteiger charge is -2.19. The van der Waals surface area contributed by atoms with Crippen LogP contribution < -0.4 is 5.32 Å². The summed E-state index contributed by atoms with van der Waals surface area (Å²) in [4.78, 5) is 21.6. The summed E-state index contributed by atoms with van der Waals surface area (Å²) >= 11 is 1.61. The van der Waals surface area contributed by atoms with Crippen LogP contribution >= 0.6 is 11.3 Å². The first kappa shape index (κ1) is 18.3. The van der Waals surface area contributed by atoms with Gasteiger partial charge in [0, 0.05) is 32.3 Å². The van der Waals surface area contributed by atoms with Gasteiger partial charge in [-0.3, -0.25) is 4.79 Å². The number of imidazole rings is 1. The van der Waals surface area contributed by atoms with Gasteiger partial charge in [0.25, 0.3) is 0 Å². The normalized spacial score (nSPS) is 12.2. The van der Waals surface area contributed by atoms with Crippen molar-refractivity contribution < 1.29 is 9.18 Å². The predicted octanol–water partition coefficient (Wildman–Crippen LogP) is 4.01. The number of hydrogen-bond acceptors (Lipinski definition) is 4. The van der Waals surface area contributed by atoms with E-state index in [0.717, 1.165) is 20.8 Å². The molecular weight excluding hydrogens is 375 g/mol. The highest BCUT2D eigenvalue weighted by molar-refractivity contribution is 7.18. The lowest BCUT2D eigenvalue weighted by atomic mass is 10.1. The van der Waals surface area contributed by atoms with Crippen molar-refractivity contribution in [1.82, 2.24) is 19.9 Å². The first-order valence-corrected chi connectivity index (χ1v) is 9.78. The van der Waals surface area contributed by atoms with Gasteiger partial charge in [0.1, 0.15) is 17.7 Å². The zero-order valence-electron chi connectivity index (χ0n) is 15.3. The molecule has 28 heavy (non-hydrogen) atoms. The van der Waals surface area contributed by atoms with Crippen molar-refractivity contribution in [2.24, 2.45) is 7.05 Å². The Balaban J connectivity index is 1.49. The van der Waals surface area contributed by atoms with E-state index < -0.39 is 6.04 Å². The van der Waals surface area contributed by atoms with Gasteiger partial charge in [-0.05, 0) is 29.8 Å². The number of nitrogens with one attached hydrogen (secondary N) is 1. The van der Waals surface area contributed by atoms with Gasteiger partial charge in [-0.2, -0.15) is 0 Å². The average Bonchev–Trinajstić information content (AvgIpc) is 3.31. The summed E-state index contributed by atoms with van der Waals surface area (Å²) in [6, 6.07) is 13.6. The Labute approximate surface area is 165 Å². The lowest BCUT2D eigenvalue weighted by molar-refractivity contribution is -0.121. The molecule has 0 aliphatic carbocycles. The minimum Gasteiger partial charge on any atom is -0.342 e. The number of amides is 1. The predicted molar refractivity (Wildman–Crippen MR) is 108 cm³/mol. The fourth-order valence-corrected chi connectivity index (χ4v) is 4.05. The third-order valence-electron chi connectivity index (χ3n) is 4.53. The number of aryl methyl sites for hydroxylation is 2. The first-order valence-electron chi connectivity index (χ1n) is 8.96. The van der Waals surface area contributed by atoms with Crippen molar-refractivity contribution in [3.8, 4) is 0 Å². The van der Waals surface area contributed by atoms with Gasteiger partial charge in [-0.25, -0.2) is 14.4 Å². The largest absolute Gasteiger partial charge is 0.342 e. The number of carbonyl (C=O) groups excluding carboxylic acids is 1. The molecule has 0 bridgehead atoms. The van der Waals surface area contributed by atoms with Crippen LogP contribution in [0.3, 0.4) is 0 Å². The highest BCUT2D eigenvalue weighted by Gasteiger charge is 2.21. The number of para-hydroxylation sites is 1. The van der Waals surface area contributed by atoms with E-state index in [1.165, 1.54) is 12.1 Å². The second kappa shape index (κ2) is 7.90. The highest BCUT2D eigenvalue weighted by Crippen LogP contribution is 2.24. The molecule has 2 heterocycles. The second-order valence-electron chi connectivity index (χ2n) is 6.52. The number of fused-ring (bicyclic) bond motifs is 1. The SMILES string of the molecule is Cn1ccnc1[C@H](NC(=O)CCc1nc2ccccc2s1)c1ccc(F)cc1. The molecule has 1 amide bonds. The molecule has 4 aromatic rings. The van der Waals surface area contributed by atoms with E-state index in [4.69, 9.17) is 0 Å². The number of nitrogens with zero attached hydrogens (tertiary/aromatic N) is 3. The standard InChI is InChI=1S/C21H19FN4OS/c1-26-13-12-23-21(26)20(14-6-8-15(22)9-7-14)25-18(27)10-11-19-24-16-4-2-3-5-17(16)28-19/h2-9,12-13,20H,10-11H2,1H3,(H,25,27)/t20-/m1/s1. The number of rotatable bonds is 6. The van der Waals surface area contributed by atoms with Crippen LogP contribution in [0.2, 0.25) is 0 Å². The number of thiazole rings is 1. The Morgan fingerprint density at radius 2 is 2.00 bits per heavy atom. The van der Waals surface area contributed by atoms with E-state index >= 15 is 0 Å². The summed E-state index contributed by atoms with van der Waals surface area (Å²) in [5.74, 6) is 0.279. The molecule has 1 atom stereocenters. The Morgan fingerprint density at radius 3 is 2.71 bits per heavy atom. The monoisotopic (exact) mass is 394 g/mol. The van der Waals surface area contributed by atoms with Crippen LogP contribution in [0.15, 0.2) is 60.9 Å². The molecule has 0 fully saturated rings. The van der Waals surface area contributed by atoms with Crippen molar-refractivity contribution >= 4 is 27.5 Å². The fourth-order valence-electron chi connectivity index (χ4n) is 3.09. The first-order chi connectivity index (χ1) is 13.6. The van der Waals surface area contributed by atoms with Crippen LogP contribution in [0.5, 0.6) is 0 Å². The quantitative estimate of drug-likeness (QED) is 0.538. The lowest BCUT2D eigenvalue weighted by Crippen LogP contribution is -2.31. The molecule has 2 aromatic carbocycles. The van der Waals surface area contributed by atoms with Crippen molar-refractivity contribution in [3.05, 3.63) is 83.1 Å². The number of hydrogen-bond donors (Lipinski definition) is 1. The maximum absolute atomic E-state index is 13.3. The summed E-state index contributed by atoms with van der Waals surface area (Å²) in [5, 5.41) is 3.97. The summed E-state index contributed by atoms with van der Waals surface area (Å²) in [7, 11) is 1.87. The van der Waals surface area contributed by atoms with Gasteiger partial charge in [-0.1, -0.05) is 24.3 Å². The molecule has 4 rings (SSSR count). The van der Waals surface area contributed by atoms with Crippen LogP contribution in [0.25, 0.3) is 10.2 Å². The Morgan fingerprint density at radius 1 is 1.21 bits per heavy atom. The van der Waals surface area contributed by atoms with E-state index in [1.54, 1.807) is 29.7 Å². The van der Waals surface area contributed by atoms with Crippen LogP contribution in [-0.2, 0) is 18.3 Å². The molecule has 0 unspecified atom stereocenters. The Kier molecular flexibility index (Phi) is 5.16. The smallest absolute Gasteiger partial charge is 0.221 e. The zero-order valence-corrected chi connectivity index (χ0v) is 16.1. The molecule has 142 valence electrons. The summed E-state index contributed by atoms with van der Waals surface area (Å²) < 4.78 is 16.3. The topological polar surface area (TPSA) is 59.8 Å². The molecule has 5 nitrogen and oxygen atoms in total. The average molecular weight is 394 g/mol. The molecule has 0 saturated carbocycles. The van der Waals surface area contributed by atoms with Crippen LogP contribution in [0.1, 0.15) is 28.9 Å². The van der Waals surface area contributed by atoms with E-state index in [2.05, 4.69) is 15.3 Å². The molecule has 0 aliphatic rings. The molecule has 0 saturated heterocycles. The third-order valence-corrected chi connectivity index (χ3v) is 5.63. The van der Waals surface area contributed by atoms with Crippen molar-refractivity contribution in [3.63, 3.8) is 0 Å². The number of carbonyl (C=O) groups is 1. The van der Waals surface area contributed by atoms with Gasteiger partial charge in [0.05, 0.1) is 15.2 Å². The van der Waals surface area contributed by atoms with Gasteiger partial charge < -0.3 is 9.88 Å². The van der Waals surface area contributed by atoms with E-state index in [0.29, 0.717) is 18.7 Å². The van der Waals surface area contributed by atoms with Gasteiger partial charge in [0.2, 0.25) is 5.91 Å². The molecule has 2 aromatic heterocycles. The molecule has 1 N–H and O–H groups in total. The molecule has 0 aliphatic heterocycles. The van der Waals surface area contributed by atoms with Crippen LogP contribution in [0, 0.1) is 5.82 Å². The third kappa shape index (κ3) is 3.94. The van der Waals surface area contributed by atoms with E-state index in [9.17, 15) is 9.18 Å². The van der Waals surface area contributed by atoms with Crippen molar-refractivity contribution in [2.75, 3.05) is 0 Å². The van der Waals surface area contributed by atoms with Gasteiger partial charge in [0.15, 0.2) is 0 Å². The molecule has 0 spiro atoms. The minimum atomic E-state index is -0.441. The number of aromatic nitrogens is 3. The Bertz CT molecular complexity index is 1070. The molecule has 0 radical (unpaired) electrons. The maximum Gasteiger partial charge on any atom is 0.221 e. The molecular formula is C21H19FN4OS.